The summed E-state index contributed by atoms with van der Waals surface area (Å²) in [5.74, 6) is 0.0909. The first-order valence-corrected chi connectivity index (χ1v) is 6.09. The van der Waals surface area contributed by atoms with E-state index >= 15 is 0 Å². The van der Waals surface area contributed by atoms with Crippen molar-refractivity contribution in [1.29, 1.82) is 0 Å². The summed E-state index contributed by atoms with van der Waals surface area (Å²) >= 11 is 0. The molecule has 0 aliphatic rings. The molecule has 2 atom stereocenters. The minimum absolute atomic E-state index is 0.104. The fourth-order valence-corrected chi connectivity index (χ4v) is 1.60. The van der Waals surface area contributed by atoms with Gasteiger partial charge in [0.1, 0.15) is 0 Å². The van der Waals surface area contributed by atoms with Crippen LogP contribution in [0.15, 0.2) is 18.2 Å². The summed E-state index contributed by atoms with van der Waals surface area (Å²) < 4.78 is 0. The van der Waals surface area contributed by atoms with Gasteiger partial charge in [-0.3, -0.25) is 4.79 Å². The van der Waals surface area contributed by atoms with E-state index in [0.29, 0.717) is 0 Å². The molecule has 0 bridgehead atoms. The Morgan fingerprint density at radius 2 is 2.06 bits per heavy atom. The summed E-state index contributed by atoms with van der Waals surface area (Å²) in [6.45, 7) is 8.01. The van der Waals surface area contributed by atoms with Gasteiger partial charge in [0.05, 0.1) is 6.04 Å². The van der Waals surface area contributed by atoms with Crippen LogP contribution in [-0.4, -0.2) is 11.9 Å². The van der Waals surface area contributed by atoms with Crippen molar-refractivity contribution in [2.45, 2.75) is 40.2 Å². The highest BCUT2D eigenvalue weighted by molar-refractivity contribution is 5.95. The maximum Gasteiger partial charge on any atom is 0.241 e. The van der Waals surface area contributed by atoms with E-state index in [-0.39, 0.29) is 11.8 Å². The molecule has 3 heteroatoms. The summed E-state index contributed by atoms with van der Waals surface area (Å²) in [6.07, 6.45) is 0.904. The second-order valence-corrected chi connectivity index (χ2v) is 4.72. The first-order valence-electron chi connectivity index (χ1n) is 6.09. The zero-order chi connectivity index (χ0) is 13.0. The number of carbonyl (C=O) groups is 1. The van der Waals surface area contributed by atoms with Gasteiger partial charge in [-0.05, 0) is 37.0 Å². The Kier molecular flexibility index (Phi) is 4.70. The summed E-state index contributed by atoms with van der Waals surface area (Å²) in [7, 11) is 0. The Morgan fingerprint density at radius 3 is 2.65 bits per heavy atom. The Labute approximate surface area is 103 Å². The highest BCUT2D eigenvalue weighted by atomic mass is 16.2. The van der Waals surface area contributed by atoms with Gasteiger partial charge in [0.2, 0.25) is 5.91 Å². The Balaban J connectivity index is 2.77. The number of aryl methyl sites for hydroxylation is 2. The third kappa shape index (κ3) is 3.56. The molecule has 0 fully saturated rings. The lowest BCUT2D eigenvalue weighted by atomic mass is 9.99. The SMILES string of the molecule is CCC(C)C(N)C(=O)Nc1cc(C)ccc1C. The second-order valence-electron chi connectivity index (χ2n) is 4.72. The number of hydrogen-bond acceptors (Lipinski definition) is 2. The van der Waals surface area contributed by atoms with E-state index in [9.17, 15) is 4.79 Å². The smallest absolute Gasteiger partial charge is 0.241 e. The molecule has 3 nitrogen and oxygen atoms in total. The van der Waals surface area contributed by atoms with Gasteiger partial charge >= 0.3 is 0 Å². The van der Waals surface area contributed by atoms with Crippen molar-refractivity contribution in [3.8, 4) is 0 Å². The molecule has 1 aromatic rings. The summed E-state index contributed by atoms with van der Waals surface area (Å²) in [4.78, 5) is 11.9. The van der Waals surface area contributed by atoms with E-state index < -0.39 is 6.04 Å². The maximum absolute atomic E-state index is 11.9. The zero-order valence-corrected chi connectivity index (χ0v) is 11.1. The standard InChI is InChI=1S/C14H22N2O/c1-5-10(3)13(15)14(17)16-12-8-9(2)6-7-11(12)4/h6-8,10,13H,5,15H2,1-4H3,(H,16,17). The van der Waals surface area contributed by atoms with E-state index in [4.69, 9.17) is 5.73 Å². The van der Waals surface area contributed by atoms with Crippen LogP contribution < -0.4 is 11.1 Å². The van der Waals surface area contributed by atoms with Crippen molar-refractivity contribution >= 4 is 11.6 Å². The highest BCUT2D eigenvalue weighted by Gasteiger charge is 2.19. The molecular formula is C14H22N2O. The largest absolute Gasteiger partial charge is 0.324 e. The molecule has 1 aromatic carbocycles. The number of amides is 1. The Hall–Kier alpha value is -1.35. The molecule has 0 spiro atoms. The van der Waals surface area contributed by atoms with Crippen LogP contribution in [0.5, 0.6) is 0 Å². The second kappa shape index (κ2) is 5.82. The van der Waals surface area contributed by atoms with Gasteiger partial charge in [0, 0.05) is 5.69 Å². The van der Waals surface area contributed by atoms with Crippen LogP contribution in [0.2, 0.25) is 0 Å². The third-order valence-corrected chi connectivity index (χ3v) is 3.21. The molecule has 17 heavy (non-hydrogen) atoms. The summed E-state index contributed by atoms with van der Waals surface area (Å²) in [5, 5.41) is 2.90. The molecule has 94 valence electrons. The topological polar surface area (TPSA) is 55.1 Å². The van der Waals surface area contributed by atoms with Gasteiger partial charge in [0.25, 0.3) is 0 Å². The van der Waals surface area contributed by atoms with Crippen molar-refractivity contribution < 1.29 is 4.79 Å². The first-order chi connectivity index (χ1) is 7.95. The Bertz CT molecular complexity index is 401. The van der Waals surface area contributed by atoms with Crippen LogP contribution >= 0.6 is 0 Å². The third-order valence-electron chi connectivity index (χ3n) is 3.21. The predicted molar refractivity (Wildman–Crippen MR) is 72.0 cm³/mol. The van der Waals surface area contributed by atoms with Gasteiger partial charge in [-0.1, -0.05) is 32.4 Å². The van der Waals surface area contributed by atoms with Crippen LogP contribution in [0.4, 0.5) is 5.69 Å². The van der Waals surface area contributed by atoms with Crippen molar-refractivity contribution in [3.05, 3.63) is 29.3 Å². The van der Waals surface area contributed by atoms with Gasteiger partial charge < -0.3 is 11.1 Å². The van der Waals surface area contributed by atoms with E-state index in [1.807, 2.05) is 45.9 Å². The minimum Gasteiger partial charge on any atom is -0.324 e. The van der Waals surface area contributed by atoms with Crippen LogP contribution in [0.3, 0.4) is 0 Å². The Morgan fingerprint density at radius 1 is 1.41 bits per heavy atom. The van der Waals surface area contributed by atoms with Gasteiger partial charge in [0.15, 0.2) is 0 Å². The molecule has 3 N–H and O–H groups in total. The van der Waals surface area contributed by atoms with Gasteiger partial charge in [-0.15, -0.1) is 0 Å². The summed E-state index contributed by atoms with van der Waals surface area (Å²) in [5.41, 5.74) is 8.93. The molecule has 0 heterocycles. The van der Waals surface area contributed by atoms with Crippen molar-refractivity contribution in [2.24, 2.45) is 11.7 Å². The molecule has 1 amide bonds. The van der Waals surface area contributed by atoms with Crippen molar-refractivity contribution in [3.63, 3.8) is 0 Å². The van der Waals surface area contributed by atoms with Crippen LogP contribution in [0.25, 0.3) is 0 Å². The average Bonchev–Trinajstić information content (AvgIpc) is 2.31. The summed E-state index contributed by atoms with van der Waals surface area (Å²) in [6, 6.07) is 5.55. The molecule has 0 radical (unpaired) electrons. The molecule has 0 aromatic heterocycles. The fraction of sp³-hybridized carbons (Fsp3) is 0.500. The molecule has 1 rings (SSSR count). The monoisotopic (exact) mass is 234 g/mol. The minimum atomic E-state index is -0.445. The number of nitrogens with one attached hydrogen (secondary N) is 1. The van der Waals surface area contributed by atoms with Crippen molar-refractivity contribution in [1.82, 2.24) is 0 Å². The quantitative estimate of drug-likeness (QED) is 0.841. The van der Waals surface area contributed by atoms with E-state index in [2.05, 4.69) is 5.32 Å². The van der Waals surface area contributed by atoms with E-state index in [0.717, 1.165) is 23.2 Å². The molecular weight excluding hydrogens is 212 g/mol. The van der Waals surface area contributed by atoms with E-state index in [1.165, 1.54) is 0 Å². The molecule has 2 unspecified atom stereocenters. The highest BCUT2D eigenvalue weighted by Crippen LogP contribution is 2.17. The van der Waals surface area contributed by atoms with Gasteiger partial charge in [-0.25, -0.2) is 0 Å². The normalized spacial score (nSPS) is 14.2. The maximum atomic E-state index is 11.9. The van der Waals surface area contributed by atoms with Crippen LogP contribution in [0, 0.1) is 19.8 Å². The number of anilines is 1. The average molecular weight is 234 g/mol. The lowest BCUT2D eigenvalue weighted by Crippen LogP contribution is -2.40. The number of rotatable bonds is 4. The van der Waals surface area contributed by atoms with Crippen LogP contribution in [0.1, 0.15) is 31.4 Å². The number of benzene rings is 1. The van der Waals surface area contributed by atoms with Crippen molar-refractivity contribution in [2.75, 3.05) is 5.32 Å². The molecule has 0 saturated carbocycles. The number of carbonyl (C=O) groups excluding carboxylic acids is 1. The number of hydrogen-bond donors (Lipinski definition) is 2. The fourth-order valence-electron chi connectivity index (χ4n) is 1.60. The van der Waals surface area contributed by atoms with E-state index in [1.54, 1.807) is 0 Å². The lowest BCUT2D eigenvalue weighted by Gasteiger charge is -2.18. The first kappa shape index (κ1) is 13.7. The predicted octanol–water partition coefficient (Wildman–Crippen LogP) is 2.62. The lowest BCUT2D eigenvalue weighted by molar-refractivity contribution is -0.118. The molecule has 0 saturated heterocycles. The number of nitrogens with two attached hydrogens (primary N) is 1. The molecule has 0 aliphatic carbocycles. The zero-order valence-electron chi connectivity index (χ0n) is 11.1. The van der Waals surface area contributed by atoms with Crippen LogP contribution in [-0.2, 0) is 4.79 Å². The molecule has 0 aliphatic heterocycles. The van der Waals surface area contributed by atoms with Gasteiger partial charge in [-0.2, -0.15) is 0 Å².